The van der Waals surface area contributed by atoms with Gasteiger partial charge in [0.1, 0.15) is 5.60 Å². The van der Waals surface area contributed by atoms with Crippen LogP contribution in [0.25, 0.3) is 0 Å². The average Bonchev–Trinajstić information content (AvgIpc) is 2.58. The van der Waals surface area contributed by atoms with Crippen molar-refractivity contribution in [3.8, 4) is 5.88 Å². The maximum absolute atomic E-state index is 12.4. The zero-order valence-corrected chi connectivity index (χ0v) is 17.7. The highest BCUT2D eigenvalue weighted by atomic mass is 16.6. The van der Waals surface area contributed by atoms with Crippen molar-refractivity contribution in [3.63, 3.8) is 0 Å². The molecule has 1 aliphatic rings. The fourth-order valence-electron chi connectivity index (χ4n) is 3.76. The summed E-state index contributed by atoms with van der Waals surface area (Å²) in [5.41, 5.74) is 0.530. The third-order valence-corrected chi connectivity index (χ3v) is 5.11. The van der Waals surface area contributed by atoms with Crippen molar-refractivity contribution in [1.29, 1.82) is 0 Å². The number of hydrogen-bond acceptors (Lipinski definition) is 6. The Morgan fingerprint density at radius 2 is 1.93 bits per heavy atom. The first-order valence-corrected chi connectivity index (χ1v) is 10.1. The quantitative estimate of drug-likeness (QED) is 0.585. The Morgan fingerprint density at radius 1 is 1.21 bits per heavy atom. The summed E-state index contributed by atoms with van der Waals surface area (Å²) in [4.78, 5) is 28.3. The molecule has 1 atom stereocenters. The molecule has 1 aromatic rings. The predicted molar refractivity (Wildman–Crippen MR) is 106 cm³/mol. The second-order valence-corrected chi connectivity index (χ2v) is 8.47. The normalized spacial score (nSPS) is 20.0. The first-order chi connectivity index (χ1) is 13.2. The molecule has 6 heteroatoms. The molecule has 0 saturated heterocycles. The van der Waals surface area contributed by atoms with E-state index in [9.17, 15) is 9.59 Å². The molecule has 28 heavy (non-hydrogen) atoms. The standard InChI is InChI=1S/C22H33NO5/c1-6-27-20(24)10-7-15-11-17(12-15)18(13-21(25)28-22(2,3)4)16-8-9-19(26-5)23-14-16/h8-9,14-15,17-18H,6-7,10-13H2,1-5H3. The van der Waals surface area contributed by atoms with Crippen molar-refractivity contribution < 1.29 is 23.8 Å². The molecule has 0 radical (unpaired) electrons. The maximum atomic E-state index is 12.4. The van der Waals surface area contributed by atoms with Gasteiger partial charge in [-0.25, -0.2) is 4.98 Å². The Morgan fingerprint density at radius 3 is 2.46 bits per heavy atom. The second-order valence-electron chi connectivity index (χ2n) is 8.47. The smallest absolute Gasteiger partial charge is 0.306 e. The van der Waals surface area contributed by atoms with E-state index in [1.807, 2.05) is 39.8 Å². The average molecular weight is 392 g/mol. The molecule has 2 rings (SSSR count). The number of methoxy groups -OCH3 is 1. The van der Waals surface area contributed by atoms with Crippen LogP contribution in [0.15, 0.2) is 18.3 Å². The largest absolute Gasteiger partial charge is 0.481 e. The number of pyridine rings is 1. The molecule has 0 aliphatic heterocycles. The number of carbonyl (C=O) groups is 2. The Kier molecular flexibility index (Phi) is 7.84. The molecule has 1 aromatic heterocycles. The number of nitrogens with zero attached hydrogens (tertiary/aromatic N) is 1. The number of hydrogen-bond donors (Lipinski definition) is 0. The highest BCUT2D eigenvalue weighted by Gasteiger charge is 2.37. The summed E-state index contributed by atoms with van der Waals surface area (Å²) in [5.74, 6) is 1.18. The molecule has 1 saturated carbocycles. The summed E-state index contributed by atoms with van der Waals surface area (Å²) in [5, 5.41) is 0. The van der Waals surface area contributed by atoms with Crippen LogP contribution in [0, 0.1) is 11.8 Å². The van der Waals surface area contributed by atoms with Gasteiger partial charge in [0, 0.05) is 18.7 Å². The SMILES string of the molecule is CCOC(=O)CCC1CC(C(CC(=O)OC(C)(C)C)c2ccc(OC)nc2)C1. The van der Waals surface area contributed by atoms with Crippen molar-refractivity contribution in [3.05, 3.63) is 23.9 Å². The Labute approximate surface area is 168 Å². The molecule has 0 N–H and O–H groups in total. The number of esters is 2. The van der Waals surface area contributed by atoms with Crippen LogP contribution < -0.4 is 4.74 Å². The lowest BCUT2D eigenvalue weighted by atomic mass is 9.65. The predicted octanol–water partition coefficient (Wildman–Crippen LogP) is 4.28. The lowest BCUT2D eigenvalue weighted by Crippen LogP contribution is -2.32. The van der Waals surface area contributed by atoms with Crippen LogP contribution in [0.4, 0.5) is 0 Å². The van der Waals surface area contributed by atoms with E-state index in [2.05, 4.69) is 4.98 Å². The Bertz CT molecular complexity index is 644. The highest BCUT2D eigenvalue weighted by Crippen LogP contribution is 2.47. The molecular formula is C22H33NO5. The van der Waals surface area contributed by atoms with Crippen LogP contribution in [-0.4, -0.2) is 36.2 Å². The monoisotopic (exact) mass is 391 g/mol. The zero-order valence-electron chi connectivity index (χ0n) is 17.7. The molecule has 1 unspecified atom stereocenters. The molecular weight excluding hydrogens is 358 g/mol. The zero-order chi connectivity index (χ0) is 20.7. The van der Waals surface area contributed by atoms with Crippen molar-refractivity contribution in [1.82, 2.24) is 4.98 Å². The van der Waals surface area contributed by atoms with Gasteiger partial charge >= 0.3 is 11.9 Å². The third-order valence-electron chi connectivity index (χ3n) is 5.11. The minimum absolute atomic E-state index is 0.0621. The van der Waals surface area contributed by atoms with Crippen LogP contribution >= 0.6 is 0 Å². The minimum atomic E-state index is -0.498. The lowest BCUT2D eigenvalue weighted by Gasteiger charge is -2.40. The van der Waals surface area contributed by atoms with E-state index in [0.717, 1.165) is 24.8 Å². The minimum Gasteiger partial charge on any atom is -0.481 e. The topological polar surface area (TPSA) is 74.7 Å². The van der Waals surface area contributed by atoms with Crippen LogP contribution in [-0.2, 0) is 19.1 Å². The summed E-state index contributed by atoms with van der Waals surface area (Å²) in [6.45, 7) is 7.88. The van der Waals surface area contributed by atoms with Crippen molar-refractivity contribution in [2.24, 2.45) is 11.8 Å². The summed E-state index contributed by atoms with van der Waals surface area (Å²) in [7, 11) is 1.58. The van der Waals surface area contributed by atoms with E-state index >= 15 is 0 Å². The Hall–Kier alpha value is -2.11. The summed E-state index contributed by atoms with van der Waals surface area (Å²) >= 11 is 0. The van der Waals surface area contributed by atoms with E-state index in [-0.39, 0.29) is 17.9 Å². The van der Waals surface area contributed by atoms with Crippen LogP contribution in [0.5, 0.6) is 5.88 Å². The molecule has 1 fully saturated rings. The van der Waals surface area contributed by atoms with Gasteiger partial charge in [0.2, 0.25) is 5.88 Å². The van der Waals surface area contributed by atoms with Gasteiger partial charge in [0.05, 0.1) is 20.1 Å². The highest BCUT2D eigenvalue weighted by molar-refractivity contribution is 5.71. The Balaban J connectivity index is 1.99. The van der Waals surface area contributed by atoms with Crippen LogP contribution in [0.1, 0.15) is 71.3 Å². The van der Waals surface area contributed by atoms with Crippen LogP contribution in [0.3, 0.4) is 0 Å². The molecule has 0 aromatic carbocycles. The van der Waals surface area contributed by atoms with Gasteiger partial charge < -0.3 is 14.2 Å². The van der Waals surface area contributed by atoms with Crippen LogP contribution in [0.2, 0.25) is 0 Å². The fraction of sp³-hybridized carbons (Fsp3) is 0.682. The fourth-order valence-corrected chi connectivity index (χ4v) is 3.76. The molecule has 0 bridgehead atoms. The molecule has 0 amide bonds. The number of rotatable bonds is 9. The van der Waals surface area contributed by atoms with E-state index < -0.39 is 5.60 Å². The van der Waals surface area contributed by atoms with Gasteiger partial charge in [0.15, 0.2) is 0 Å². The number of carbonyl (C=O) groups excluding carboxylic acids is 2. The molecule has 6 nitrogen and oxygen atoms in total. The molecule has 1 aliphatic carbocycles. The van der Waals surface area contributed by atoms with E-state index in [1.54, 1.807) is 13.3 Å². The third kappa shape index (κ3) is 6.80. The van der Waals surface area contributed by atoms with Gasteiger partial charge in [-0.3, -0.25) is 9.59 Å². The molecule has 156 valence electrons. The van der Waals surface area contributed by atoms with Gasteiger partial charge in [-0.05, 0) is 70.3 Å². The molecule has 0 spiro atoms. The summed E-state index contributed by atoms with van der Waals surface area (Å²) in [6.07, 6.45) is 5.43. The van der Waals surface area contributed by atoms with Gasteiger partial charge in [-0.15, -0.1) is 0 Å². The van der Waals surface area contributed by atoms with Gasteiger partial charge in [-0.2, -0.15) is 0 Å². The number of ether oxygens (including phenoxy) is 3. The van der Waals surface area contributed by atoms with E-state index in [4.69, 9.17) is 14.2 Å². The van der Waals surface area contributed by atoms with E-state index in [1.165, 1.54) is 0 Å². The lowest BCUT2D eigenvalue weighted by molar-refractivity contribution is -0.156. The maximum Gasteiger partial charge on any atom is 0.306 e. The second kappa shape index (κ2) is 9.89. The van der Waals surface area contributed by atoms with Crippen molar-refractivity contribution >= 4 is 11.9 Å². The van der Waals surface area contributed by atoms with Crippen molar-refractivity contribution in [2.45, 2.75) is 71.3 Å². The first kappa shape index (κ1) is 22.2. The first-order valence-electron chi connectivity index (χ1n) is 10.1. The number of aromatic nitrogens is 1. The van der Waals surface area contributed by atoms with Gasteiger partial charge in [-0.1, -0.05) is 6.07 Å². The van der Waals surface area contributed by atoms with E-state index in [0.29, 0.717) is 37.2 Å². The van der Waals surface area contributed by atoms with Gasteiger partial charge in [0.25, 0.3) is 0 Å². The summed E-state index contributed by atoms with van der Waals surface area (Å²) < 4.78 is 15.7. The molecule has 1 heterocycles. The van der Waals surface area contributed by atoms with Crippen molar-refractivity contribution in [2.75, 3.05) is 13.7 Å². The summed E-state index contributed by atoms with van der Waals surface area (Å²) in [6, 6.07) is 3.81.